The van der Waals surface area contributed by atoms with Crippen molar-refractivity contribution < 1.29 is 4.43 Å². The van der Waals surface area contributed by atoms with E-state index in [1.54, 1.807) is 6.08 Å². The molecule has 0 aromatic carbocycles. The Balaban J connectivity index is 4.44. The van der Waals surface area contributed by atoms with Crippen molar-refractivity contribution >= 4 is 9.76 Å². The summed E-state index contributed by atoms with van der Waals surface area (Å²) >= 11 is 0. The molecule has 1 atom stereocenters. The van der Waals surface area contributed by atoms with Gasteiger partial charge in [0, 0.05) is 0 Å². The summed E-state index contributed by atoms with van der Waals surface area (Å²) in [6, 6.07) is 0. The first kappa shape index (κ1) is 20.9. The van der Waals surface area contributed by atoms with E-state index in [2.05, 4.69) is 39.8 Å². The summed E-state index contributed by atoms with van der Waals surface area (Å²) in [4.78, 5) is 0. The van der Waals surface area contributed by atoms with Crippen LogP contribution in [-0.4, -0.2) is 15.9 Å². The summed E-state index contributed by atoms with van der Waals surface area (Å²) in [5.74, 6) is 0. The largest absolute Gasteiger partial charge is 0.411 e. The van der Waals surface area contributed by atoms with Gasteiger partial charge in [-0.1, -0.05) is 84.4 Å². The fourth-order valence-electron chi connectivity index (χ4n) is 2.26. The van der Waals surface area contributed by atoms with Crippen LogP contribution in [0.2, 0.25) is 6.55 Å². The molecule has 0 amide bonds. The number of unbranched alkanes of at least 4 members (excludes halogenated alkanes) is 5. The van der Waals surface area contributed by atoms with E-state index in [4.69, 9.17) is 4.43 Å². The highest BCUT2D eigenvalue weighted by atomic mass is 28.2. The molecule has 122 valence electrons. The molecule has 0 saturated heterocycles. The first-order chi connectivity index (χ1) is 10.5. The van der Waals surface area contributed by atoms with E-state index in [1.807, 2.05) is 6.55 Å². The van der Waals surface area contributed by atoms with Gasteiger partial charge in [-0.2, -0.15) is 0 Å². The van der Waals surface area contributed by atoms with E-state index in [-0.39, 0.29) is 6.10 Å². The molecule has 0 bridgehead atoms. The zero-order valence-electron chi connectivity index (χ0n) is 14.5. The minimum atomic E-state index is 0.0383. The minimum absolute atomic E-state index is 0.0383. The highest BCUT2D eigenvalue weighted by Crippen LogP contribution is 2.27. The maximum atomic E-state index is 5.89. The summed E-state index contributed by atoms with van der Waals surface area (Å²) in [5, 5.41) is 0. The van der Waals surface area contributed by atoms with Crippen molar-refractivity contribution in [2.75, 3.05) is 0 Å². The van der Waals surface area contributed by atoms with Crippen LogP contribution >= 0.6 is 0 Å². The third-order valence-electron chi connectivity index (χ3n) is 3.85. The minimum Gasteiger partial charge on any atom is -0.411 e. The molecule has 1 unspecified atom stereocenters. The van der Waals surface area contributed by atoms with E-state index in [1.165, 1.54) is 38.5 Å². The summed E-state index contributed by atoms with van der Waals surface area (Å²) in [5.41, 5.74) is 3.36. The highest BCUT2D eigenvalue weighted by molar-refractivity contribution is 6.24. The normalized spacial score (nSPS) is 11.7. The van der Waals surface area contributed by atoms with Crippen molar-refractivity contribution in [2.45, 2.75) is 64.5 Å². The first-order valence-corrected chi connectivity index (χ1v) is 9.61. The van der Waals surface area contributed by atoms with E-state index < -0.39 is 0 Å². The monoisotopic (exact) mass is 316 g/mol. The van der Waals surface area contributed by atoms with Gasteiger partial charge in [-0.3, -0.25) is 0 Å². The van der Waals surface area contributed by atoms with Crippen LogP contribution in [0.15, 0.2) is 61.3 Å². The fourth-order valence-corrected chi connectivity index (χ4v) is 2.81. The lowest BCUT2D eigenvalue weighted by atomic mass is 9.91. The van der Waals surface area contributed by atoms with Crippen LogP contribution < -0.4 is 0 Å². The molecule has 0 heterocycles. The predicted octanol–water partition coefficient (Wildman–Crippen LogP) is 6.20. The van der Waals surface area contributed by atoms with Crippen LogP contribution in [0.1, 0.15) is 51.9 Å². The summed E-state index contributed by atoms with van der Waals surface area (Å²) in [6.45, 7) is 24.3. The zero-order chi connectivity index (χ0) is 17.0. The van der Waals surface area contributed by atoms with E-state index in [0.717, 1.165) is 28.7 Å². The van der Waals surface area contributed by atoms with Crippen LogP contribution in [0.4, 0.5) is 0 Å². The summed E-state index contributed by atoms with van der Waals surface area (Å²) in [7, 11) is 0.450. The van der Waals surface area contributed by atoms with Gasteiger partial charge in [-0.15, -0.1) is 0 Å². The number of allylic oxidation sites excluding steroid dienone is 3. The van der Waals surface area contributed by atoms with Crippen molar-refractivity contribution in [1.29, 1.82) is 0 Å². The quantitative estimate of drug-likeness (QED) is 0.210. The zero-order valence-corrected chi connectivity index (χ0v) is 15.5. The molecule has 2 radical (unpaired) electrons. The lowest BCUT2D eigenvalue weighted by Gasteiger charge is -2.22. The van der Waals surface area contributed by atoms with Gasteiger partial charge in [0.25, 0.3) is 0 Å². The molecule has 0 aromatic heterocycles. The molecule has 0 aliphatic heterocycles. The molecule has 22 heavy (non-hydrogen) atoms. The van der Waals surface area contributed by atoms with Crippen molar-refractivity contribution in [1.82, 2.24) is 0 Å². The summed E-state index contributed by atoms with van der Waals surface area (Å²) < 4.78 is 5.89. The van der Waals surface area contributed by atoms with Gasteiger partial charge < -0.3 is 4.43 Å². The Hall–Kier alpha value is -1.12. The standard InChI is InChI=1S/C20H32OSi/c1-8-10-11-12-13-14-15-20(21-22-7)19(6)18(5)17(4)16(3)9-2/h9,20H,2-6,8,10-15H2,1,7H3. The van der Waals surface area contributed by atoms with Crippen molar-refractivity contribution in [3.63, 3.8) is 0 Å². The van der Waals surface area contributed by atoms with Gasteiger partial charge in [-0.25, -0.2) is 0 Å². The SMILES string of the molecule is C=CC(=C)C(=C)C(=C)C(=C)C(CCCCCCCC)O[Si]C. The van der Waals surface area contributed by atoms with E-state index >= 15 is 0 Å². The van der Waals surface area contributed by atoms with Gasteiger partial charge in [-0.05, 0) is 35.3 Å². The topological polar surface area (TPSA) is 9.23 Å². The second-order valence-corrected chi connectivity index (χ2v) is 6.22. The molecule has 0 rings (SSSR count). The molecular weight excluding hydrogens is 284 g/mol. The van der Waals surface area contributed by atoms with Crippen molar-refractivity contribution in [3.05, 3.63) is 61.3 Å². The van der Waals surface area contributed by atoms with Gasteiger partial charge in [0.2, 0.25) is 9.76 Å². The third-order valence-corrected chi connectivity index (χ3v) is 4.37. The number of rotatable bonds is 14. The Morgan fingerprint density at radius 2 is 1.59 bits per heavy atom. The van der Waals surface area contributed by atoms with Crippen LogP contribution in [-0.2, 0) is 4.43 Å². The molecule has 1 nitrogen and oxygen atoms in total. The number of hydrogen-bond acceptors (Lipinski definition) is 1. The average molecular weight is 317 g/mol. The molecule has 2 heteroatoms. The third kappa shape index (κ3) is 7.76. The lowest BCUT2D eigenvalue weighted by molar-refractivity contribution is 0.237. The van der Waals surface area contributed by atoms with Crippen LogP contribution in [0.3, 0.4) is 0 Å². The van der Waals surface area contributed by atoms with E-state index in [9.17, 15) is 0 Å². The molecule has 0 saturated carbocycles. The molecule has 0 spiro atoms. The maximum absolute atomic E-state index is 5.89. The van der Waals surface area contributed by atoms with Crippen molar-refractivity contribution in [2.24, 2.45) is 0 Å². The molecule has 0 fully saturated rings. The van der Waals surface area contributed by atoms with Crippen molar-refractivity contribution in [3.8, 4) is 0 Å². The maximum Gasteiger partial charge on any atom is 0.227 e. The molecular formula is C20H32OSi. The second-order valence-electron chi connectivity index (χ2n) is 5.58. The van der Waals surface area contributed by atoms with Gasteiger partial charge in [0.1, 0.15) is 0 Å². The van der Waals surface area contributed by atoms with E-state index in [0.29, 0.717) is 9.76 Å². The van der Waals surface area contributed by atoms with Gasteiger partial charge in [0.15, 0.2) is 0 Å². The number of hydrogen-bond donors (Lipinski definition) is 0. The highest BCUT2D eigenvalue weighted by Gasteiger charge is 2.17. The van der Waals surface area contributed by atoms with Gasteiger partial charge >= 0.3 is 0 Å². The average Bonchev–Trinajstić information content (AvgIpc) is 2.54. The van der Waals surface area contributed by atoms with Crippen LogP contribution in [0, 0.1) is 0 Å². The van der Waals surface area contributed by atoms with Crippen LogP contribution in [0.5, 0.6) is 0 Å². The molecule has 0 N–H and O–H groups in total. The molecule has 0 aromatic rings. The van der Waals surface area contributed by atoms with Crippen LogP contribution in [0.25, 0.3) is 0 Å². The fraction of sp³-hybridized carbons (Fsp3) is 0.500. The smallest absolute Gasteiger partial charge is 0.227 e. The first-order valence-electron chi connectivity index (χ1n) is 8.20. The van der Waals surface area contributed by atoms with Gasteiger partial charge in [0.05, 0.1) is 6.10 Å². The Bertz CT molecular complexity index is 406. The Kier molecular flexibility index (Phi) is 11.8. The molecule has 0 aliphatic rings. The molecule has 0 aliphatic carbocycles. The predicted molar refractivity (Wildman–Crippen MR) is 101 cm³/mol. The second kappa shape index (κ2) is 12.4. The Morgan fingerprint density at radius 3 is 2.14 bits per heavy atom. The Labute approximate surface area is 140 Å². The lowest BCUT2D eigenvalue weighted by Crippen LogP contribution is -2.18. The Morgan fingerprint density at radius 1 is 1.00 bits per heavy atom. The summed E-state index contributed by atoms with van der Waals surface area (Å²) in [6.07, 6.45) is 10.4.